The number of ether oxygens (including phenoxy) is 1. The molecule has 21 heavy (non-hydrogen) atoms. The van der Waals surface area contributed by atoms with Crippen LogP contribution in [-0.2, 0) is 11.3 Å². The van der Waals surface area contributed by atoms with E-state index in [2.05, 4.69) is 15.5 Å². The number of carbonyl (C=O) groups is 1. The first-order valence-electron chi connectivity index (χ1n) is 6.76. The van der Waals surface area contributed by atoms with E-state index in [1.54, 1.807) is 13.8 Å². The van der Waals surface area contributed by atoms with Gasteiger partial charge in [-0.2, -0.15) is 4.98 Å². The Kier molecular flexibility index (Phi) is 4.57. The molecule has 0 saturated heterocycles. The zero-order valence-electron chi connectivity index (χ0n) is 12.6. The fourth-order valence-corrected chi connectivity index (χ4v) is 1.77. The Morgan fingerprint density at radius 2 is 2.10 bits per heavy atom. The van der Waals surface area contributed by atoms with Gasteiger partial charge >= 0.3 is 0 Å². The molecule has 1 N–H and O–H groups in total. The lowest BCUT2D eigenvalue weighted by Crippen LogP contribution is -2.36. The summed E-state index contributed by atoms with van der Waals surface area (Å²) in [6, 6.07) is 5.74. The minimum atomic E-state index is -0.597. The molecule has 0 aliphatic carbocycles. The van der Waals surface area contributed by atoms with Crippen LogP contribution in [-0.4, -0.2) is 22.2 Å². The largest absolute Gasteiger partial charge is 0.481 e. The fourth-order valence-electron chi connectivity index (χ4n) is 1.77. The third-order valence-electron chi connectivity index (χ3n) is 3.15. The Morgan fingerprint density at radius 3 is 2.71 bits per heavy atom. The summed E-state index contributed by atoms with van der Waals surface area (Å²) in [6.07, 6.45) is -0.597. The summed E-state index contributed by atoms with van der Waals surface area (Å²) in [5, 5.41) is 6.42. The van der Waals surface area contributed by atoms with Gasteiger partial charge in [-0.05, 0) is 44.0 Å². The number of hydrogen-bond donors (Lipinski definition) is 1. The maximum atomic E-state index is 12.0. The molecule has 0 saturated carbocycles. The Bertz CT molecular complexity index is 637. The molecule has 1 atom stereocenters. The van der Waals surface area contributed by atoms with E-state index in [-0.39, 0.29) is 12.5 Å². The molecular weight excluding hydrogens is 270 g/mol. The normalized spacial score (nSPS) is 12.0. The quantitative estimate of drug-likeness (QED) is 0.911. The Labute approximate surface area is 123 Å². The molecule has 1 aromatic heterocycles. The van der Waals surface area contributed by atoms with Crippen LogP contribution in [0.25, 0.3) is 0 Å². The highest BCUT2D eigenvalue weighted by Crippen LogP contribution is 2.17. The maximum absolute atomic E-state index is 12.0. The summed E-state index contributed by atoms with van der Waals surface area (Å²) in [5.74, 6) is 1.37. The van der Waals surface area contributed by atoms with Gasteiger partial charge in [-0.15, -0.1) is 0 Å². The van der Waals surface area contributed by atoms with Crippen molar-refractivity contribution in [2.24, 2.45) is 0 Å². The van der Waals surface area contributed by atoms with Crippen molar-refractivity contribution < 1.29 is 14.1 Å². The maximum Gasteiger partial charge on any atom is 0.261 e. The van der Waals surface area contributed by atoms with Crippen molar-refractivity contribution in [1.29, 1.82) is 0 Å². The molecule has 1 amide bonds. The van der Waals surface area contributed by atoms with Crippen molar-refractivity contribution in [2.75, 3.05) is 0 Å². The molecule has 0 fully saturated rings. The number of nitrogens with one attached hydrogen (secondary N) is 1. The van der Waals surface area contributed by atoms with Gasteiger partial charge in [-0.25, -0.2) is 0 Å². The number of nitrogens with zero attached hydrogens (tertiary/aromatic N) is 2. The second kappa shape index (κ2) is 6.39. The van der Waals surface area contributed by atoms with Crippen LogP contribution in [0.3, 0.4) is 0 Å². The number of benzene rings is 1. The molecular formula is C15H19N3O3. The van der Waals surface area contributed by atoms with Crippen LogP contribution in [0.1, 0.15) is 29.8 Å². The van der Waals surface area contributed by atoms with Gasteiger partial charge in [0.05, 0.1) is 6.54 Å². The smallest absolute Gasteiger partial charge is 0.261 e. The van der Waals surface area contributed by atoms with Crippen molar-refractivity contribution >= 4 is 5.91 Å². The lowest BCUT2D eigenvalue weighted by molar-refractivity contribution is -0.127. The monoisotopic (exact) mass is 289 g/mol. The first-order valence-corrected chi connectivity index (χ1v) is 6.76. The third-order valence-corrected chi connectivity index (χ3v) is 3.15. The molecule has 0 aliphatic rings. The van der Waals surface area contributed by atoms with E-state index in [1.807, 2.05) is 32.0 Å². The number of aryl methyl sites for hydroxylation is 3. The summed E-state index contributed by atoms with van der Waals surface area (Å²) in [4.78, 5) is 16.0. The average Bonchev–Trinajstić information content (AvgIpc) is 2.86. The minimum absolute atomic E-state index is 0.219. The van der Waals surface area contributed by atoms with Crippen molar-refractivity contribution in [3.63, 3.8) is 0 Å². The van der Waals surface area contributed by atoms with Crippen LogP contribution in [0, 0.1) is 20.8 Å². The first-order chi connectivity index (χ1) is 9.95. The van der Waals surface area contributed by atoms with Gasteiger partial charge in [-0.1, -0.05) is 11.2 Å². The second-order valence-electron chi connectivity index (χ2n) is 4.95. The van der Waals surface area contributed by atoms with E-state index in [0.717, 1.165) is 5.56 Å². The summed E-state index contributed by atoms with van der Waals surface area (Å²) in [7, 11) is 0. The van der Waals surface area contributed by atoms with Crippen LogP contribution >= 0.6 is 0 Å². The van der Waals surface area contributed by atoms with E-state index in [1.165, 1.54) is 5.56 Å². The second-order valence-corrected chi connectivity index (χ2v) is 4.95. The van der Waals surface area contributed by atoms with Crippen LogP contribution in [0.2, 0.25) is 0 Å². The van der Waals surface area contributed by atoms with Gasteiger partial charge < -0.3 is 14.6 Å². The molecule has 1 heterocycles. The van der Waals surface area contributed by atoms with Crippen molar-refractivity contribution in [1.82, 2.24) is 15.5 Å². The van der Waals surface area contributed by atoms with Gasteiger partial charge in [0.2, 0.25) is 5.89 Å². The van der Waals surface area contributed by atoms with Crippen molar-refractivity contribution in [3.8, 4) is 5.75 Å². The summed E-state index contributed by atoms with van der Waals surface area (Å²) < 4.78 is 10.5. The van der Waals surface area contributed by atoms with Crippen LogP contribution in [0.4, 0.5) is 0 Å². The molecule has 0 bridgehead atoms. The van der Waals surface area contributed by atoms with E-state index >= 15 is 0 Å². The lowest BCUT2D eigenvalue weighted by atomic mass is 10.1. The number of aromatic nitrogens is 2. The predicted molar refractivity (Wildman–Crippen MR) is 76.9 cm³/mol. The van der Waals surface area contributed by atoms with Gasteiger partial charge in [0.15, 0.2) is 11.9 Å². The molecule has 0 radical (unpaired) electrons. The van der Waals surface area contributed by atoms with E-state index in [9.17, 15) is 4.79 Å². The van der Waals surface area contributed by atoms with Crippen LogP contribution < -0.4 is 10.1 Å². The molecule has 0 spiro atoms. The van der Waals surface area contributed by atoms with Crippen molar-refractivity contribution in [3.05, 3.63) is 41.0 Å². The summed E-state index contributed by atoms with van der Waals surface area (Å²) in [5.41, 5.74) is 2.31. The van der Waals surface area contributed by atoms with Crippen LogP contribution in [0.5, 0.6) is 5.75 Å². The molecule has 1 aromatic carbocycles. The zero-order valence-corrected chi connectivity index (χ0v) is 12.6. The molecule has 6 nitrogen and oxygen atoms in total. The highest BCUT2D eigenvalue weighted by Gasteiger charge is 2.15. The lowest BCUT2D eigenvalue weighted by Gasteiger charge is -2.15. The van der Waals surface area contributed by atoms with Gasteiger partial charge in [0, 0.05) is 6.92 Å². The van der Waals surface area contributed by atoms with E-state index in [0.29, 0.717) is 17.5 Å². The summed E-state index contributed by atoms with van der Waals surface area (Å²) >= 11 is 0. The topological polar surface area (TPSA) is 77.2 Å². The number of amides is 1. The average molecular weight is 289 g/mol. The van der Waals surface area contributed by atoms with E-state index in [4.69, 9.17) is 9.26 Å². The predicted octanol–water partition coefficient (Wildman–Crippen LogP) is 2.08. The number of carbonyl (C=O) groups excluding carboxylic acids is 1. The SMILES string of the molecule is Cc1nc(CNC(=O)C(C)Oc2ccc(C)c(C)c2)no1. The highest BCUT2D eigenvalue weighted by molar-refractivity contribution is 5.80. The Balaban J connectivity index is 1.88. The van der Waals surface area contributed by atoms with Crippen LogP contribution in [0.15, 0.2) is 22.7 Å². The molecule has 2 aromatic rings. The molecule has 112 valence electrons. The molecule has 1 unspecified atom stereocenters. The molecule has 6 heteroatoms. The number of hydrogen-bond acceptors (Lipinski definition) is 5. The van der Waals surface area contributed by atoms with Crippen molar-refractivity contribution in [2.45, 2.75) is 40.3 Å². The highest BCUT2D eigenvalue weighted by atomic mass is 16.5. The Hall–Kier alpha value is -2.37. The third kappa shape index (κ3) is 4.05. The van der Waals surface area contributed by atoms with Gasteiger partial charge in [-0.3, -0.25) is 4.79 Å². The Morgan fingerprint density at radius 1 is 1.33 bits per heavy atom. The zero-order chi connectivity index (χ0) is 15.4. The van der Waals surface area contributed by atoms with E-state index < -0.39 is 6.10 Å². The summed E-state index contributed by atoms with van der Waals surface area (Å²) in [6.45, 7) is 7.65. The fraction of sp³-hybridized carbons (Fsp3) is 0.400. The standard InChI is InChI=1S/C15H19N3O3/c1-9-5-6-13(7-10(9)2)20-11(3)15(19)16-8-14-17-12(4)21-18-14/h5-7,11H,8H2,1-4H3,(H,16,19). The molecule has 2 rings (SSSR count). The van der Waals surface area contributed by atoms with Gasteiger partial charge in [0.25, 0.3) is 5.91 Å². The first kappa shape index (κ1) is 15.0. The molecule has 0 aliphatic heterocycles. The minimum Gasteiger partial charge on any atom is -0.481 e. The number of rotatable bonds is 5. The van der Waals surface area contributed by atoms with Gasteiger partial charge in [0.1, 0.15) is 5.75 Å².